The number of carbonyl (C=O) groups is 4. The first-order valence-corrected chi connectivity index (χ1v) is 11.3. The molecule has 3 aromatic rings. The molecule has 1 aliphatic rings. The standard InChI is InChI=1S/C26H18ClF3N2O5/c27-19-11-10-16(26(28,29)30)13-20(19)31-22(33)14-37-25(36)21(12-15-6-2-1-3-7-15)32-23(34)17-8-4-5-9-18(17)24(32)35/h1-11,13,21H,12,14H2,(H,31,33)/t21-/m1/s1. The van der Waals surface area contributed by atoms with Crippen LogP contribution in [0, 0.1) is 0 Å². The lowest BCUT2D eigenvalue weighted by Gasteiger charge is -2.24. The zero-order chi connectivity index (χ0) is 26.7. The number of esters is 1. The lowest BCUT2D eigenvalue weighted by molar-refractivity contribution is -0.151. The van der Waals surface area contributed by atoms with Crippen LogP contribution in [-0.2, 0) is 26.9 Å². The summed E-state index contributed by atoms with van der Waals surface area (Å²) in [6, 6.07) is 15.7. The fraction of sp³-hybridized carbons (Fsp3) is 0.154. The highest BCUT2D eigenvalue weighted by molar-refractivity contribution is 6.33. The largest absolute Gasteiger partial charge is 0.454 e. The van der Waals surface area contributed by atoms with Gasteiger partial charge in [0.1, 0.15) is 6.04 Å². The molecule has 3 amide bonds. The first kappa shape index (κ1) is 25.9. The molecule has 0 fully saturated rings. The van der Waals surface area contributed by atoms with E-state index in [2.05, 4.69) is 5.32 Å². The zero-order valence-electron chi connectivity index (χ0n) is 18.9. The van der Waals surface area contributed by atoms with Crippen LogP contribution in [0.1, 0.15) is 31.8 Å². The minimum absolute atomic E-state index is 0.0772. The molecule has 3 aromatic carbocycles. The van der Waals surface area contributed by atoms with Crippen molar-refractivity contribution in [3.63, 3.8) is 0 Å². The number of ether oxygens (including phenoxy) is 1. The molecule has 4 rings (SSSR count). The normalized spacial score (nSPS) is 13.8. The quantitative estimate of drug-likeness (QED) is 0.352. The van der Waals surface area contributed by atoms with E-state index in [9.17, 15) is 32.3 Å². The SMILES string of the molecule is O=C(COC(=O)[C@@H](Cc1ccccc1)N1C(=O)c2ccccc2C1=O)Nc1cc(C(F)(F)F)ccc1Cl. The lowest BCUT2D eigenvalue weighted by atomic mass is 10.0. The number of nitrogens with one attached hydrogen (secondary N) is 1. The molecular weight excluding hydrogens is 513 g/mol. The smallest absolute Gasteiger partial charge is 0.416 e. The van der Waals surface area contributed by atoms with Crippen LogP contribution in [-0.4, -0.2) is 41.2 Å². The highest BCUT2D eigenvalue weighted by Crippen LogP contribution is 2.34. The summed E-state index contributed by atoms with van der Waals surface area (Å²) in [6.45, 7) is -0.889. The van der Waals surface area contributed by atoms with Gasteiger partial charge in [-0.2, -0.15) is 13.2 Å². The van der Waals surface area contributed by atoms with Crippen molar-refractivity contribution in [2.24, 2.45) is 0 Å². The summed E-state index contributed by atoms with van der Waals surface area (Å²) in [6.07, 6.45) is -4.74. The van der Waals surface area contributed by atoms with Crippen molar-refractivity contribution in [3.8, 4) is 0 Å². The van der Waals surface area contributed by atoms with E-state index in [0.717, 1.165) is 17.0 Å². The van der Waals surface area contributed by atoms with Gasteiger partial charge >= 0.3 is 12.1 Å². The summed E-state index contributed by atoms with van der Waals surface area (Å²) >= 11 is 5.88. The van der Waals surface area contributed by atoms with Crippen LogP contribution in [0.2, 0.25) is 5.02 Å². The molecule has 0 saturated heterocycles. The van der Waals surface area contributed by atoms with E-state index >= 15 is 0 Å². The van der Waals surface area contributed by atoms with Gasteiger partial charge in [0.15, 0.2) is 6.61 Å². The van der Waals surface area contributed by atoms with Gasteiger partial charge in [-0.05, 0) is 35.9 Å². The van der Waals surface area contributed by atoms with Crippen LogP contribution in [0.25, 0.3) is 0 Å². The first-order chi connectivity index (χ1) is 17.6. The van der Waals surface area contributed by atoms with Gasteiger partial charge in [-0.15, -0.1) is 0 Å². The Labute approximate surface area is 213 Å². The number of benzene rings is 3. The van der Waals surface area contributed by atoms with Gasteiger partial charge in [0.05, 0.1) is 27.4 Å². The molecular formula is C26H18ClF3N2O5. The number of anilines is 1. The van der Waals surface area contributed by atoms with E-state index in [0.29, 0.717) is 11.6 Å². The number of imide groups is 1. The molecule has 0 unspecified atom stereocenters. The fourth-order valence-corrected chi connectivity index (χ4v) is 3.99. The van der Waals surface area contributed by atoms with Crippen LogP contribution < -0.4 is 5.32 Å². The molecule has 1 N–H and O–H groups in total. The van der Waals surface area contributed by atoms with E-state index in [1.807, 2.05) is 0 Å². The maximum atomic E-state index is 13.1. The Morgan fingerprint density at radius 3 is 2.11 bits per heavy atom. The fourth-order valence-electron chi connectivity index (χ4n) is 3.82. The molecule has 0 aliphatic carbocycles. The number of alkyl halides is 3. The molecule has 0 bridgehead atoms. The average molecular weight is 531 g/mol. The second kappa shape index (κ2) is 10.4. The van der Waals surface area contributed by atoms with Gasteiger partial charge in [-0.1, -0.05) is 54.1 Å². The molecule has 1 aliphatic heterocycles. The Balaban J connectivity index is 1.51. The molecule has 7 nitrogen and oxygen atoms in total. The number of amides is 3. The van der Waals surface area contributed by atoms with Crippen LogP contribution in [0.4, 0.5) is 18.9 Å². The van der Waals surface area contributed by atoms with Gasteiger partial charge in [-0.25, -0.2) is 4.79 Å². The van der Waals surface area contributed by atoms with Crippen LogP contribution >= 0.6 is 11.6 Å². The molecule has 0 saturated carbocycles. The van der Waals surface area contributed by atoms with E-state index in [4.69, 9.17) is 16.3 Å². The molecule has 190 valence electrons. The van der Waals surface area contributed by atoms with Crippen molar-refractivity contribution in [2.45, 2.75) is 18.6 Å². The predicted molar refractivity (Wildman–Crippen MR) is 127 cm³/mol. The van der Waals surface area contributed by atoms with Crippen molar-refractivity contribution in [1.82, 2.24) is 4.90 Å². The molecule has 0 spiro atoms. The van der Waals surface area contributed by atoms with Gasteiger partial charge in [0.2, 0.25) is 0 Å². The van der Waals surface area contributed by atoms with Crippen molar-refractivity contribution < 1.29 is 37.1 Å². The highest BCUT2D eigenvalue weighted by Gasteiger charge is 2.43. The Morgan fingerprint density at radius 2 is 1.51 bits per heavy atom. The van der Waals surface area contributed by atoms with Crippen molar-refractivity contribution in [1.29, 1.82) is 0 Å². The summed E-state index contributed by atoms with van der Waals surface area (Å²) < 4.78 is 44.0. The first-order valence-electron chi connectivity index (χ1n) is 10.9. The Bertz CT molecular complexity index is 1340. The lowest BCUT2D eigenvalue weighted by Crippen LogP contribution is -2.47. The number of nitrogens with zero attached hydrogens (tertiary/aromatic N) is 1. The minimum atomic E-state index is -4.66. The van der Waals surface area contributed by atoms with Gasteiger partial charge in [0, 0.05) is 6.42 Å². The van der Waals surface area contributed by atoms with Gasteiger partial charge < -0.3 is 10.1 Å². The predicted octanol–water partition coefficient (Wildman–Crippen LogP) is 4.75. The summed E-state index contributed by atoms with van der Waals surface area (Å²) in [7, 11) is 0. The Kier molecular flexibility index (Phi) is 7.30. The highest BCUT2D eigenvalue weighted by atomic mass is 35.5. The van der Waals surface area contributed by atoms with Crippen LogP contribution in [0.3, 0.4) is 0 Å². The second-order valence-electron chi connectivity index (χ2n) is 8.08. The number of hydrogen-bond acceptors (Lipinski definition) is 5. The number of carbonyl (C=O) groups excluding carboxylic acids is 4. The molecule has 1 heterocycles. The summed E-state index contributed by atoms with van der Waals surface area (Å²) in [5.74, 6) is -3.36. The van der Waals surface area contributed by atoms with E-state index in [1.165, 1.54) is 12.1 Å². The monoisotopic (exact) mass is 530 g/mol. The molecule has 0 radical (unpaired) electrons. The zero-order valence-corrected chi connectivity index (χ0v) is 19.7. The molecule has 11 heteroatoms. The molecule has 0 aromatic heterocycles. The number of fused-ring (bicyclic) bond motifs is 1. The summed E-state index contributed by atoms with van der Waals surface area (Å²) in [5.41, 5.74) is -0.455. The van der Waals surface area contributed by atoms with E-state index < -0.39 is 48.1 Å². The van der Waals surface area contributed by atoms with Crippen LogP contribution in [0.5, 0.6) is 0 Å². The number of halogens is 4. The van der Waals surface area contributed by atoms with Crippen molar-refractivity contribution >= 4 is 41.0 Å². The minimum Gasteiger partial charge on any atom is -0.454 e. The number of hydrogen-bond donors (Lipinski definition) is 1. The average Bonchev–Trinajstić information content (AvgIpc) is 3.12. The third kappa shape index (κ3) is 5.64. The third-order valence-electron chi connectivity index (χ3n) is 5.59. The summed E-state index contributed by atoms with van der Waals surface area (Å²) in [4.78, 5) is 52.2. The van der Waals surface area contributed by atoms with E-state index in [1.54, 1.807) is 42.5 Å². The summed E-state index contributed by atoms with van der Waals surface area (Å²) in [5, 5.41) is 2.02. The van der Waals surface area contributed by atoms with Gasteiger partial charge in [0.25, 0.3) is 17.7 Å². The van der Waals surface area contributed by atoms with E-state index in [-0.39, 0.29) is 28.3 Å². The van der Waals surface area contributed by atoms with Gasteiger partial charge in [-0.3, -0.25) is 19.3 Å². The van der Waals surface area contributed by atoms with Crippen molar-refractivity contribution in [3.05, 3.63) is 100 Å². The molecule has 1 atom stereocenters. The van der Waals surface area contributed by atoms with Crippen molar-refractivity contribution in [2.75, 3.05) is 11.9 Å². The third-order valence-corrected chi connectivity index (χ3v) is 5.92. The number of rotatable bonds is 7. The maximum Gasteiger partial charge on any atom is 0.416 e. The Morgan fingerprint density at radius 1 is 0.919 bits per heavy atom. The maximum absolute atomic E-state index is 13.1. The Hall–Kier alpha value is -4.18. The second-order valence-corrected chi connectivity index (χ2v) is 8.49. The molecule has 37 heavy (non-hydrogen) atoms. The topological polar surface area (TPSA) is 92.8 Å². The van der Waals surface area contributed by atoms with Crippen LogP contribution in [0.15, 0.2) is 72.8 Å².